The lowest BCUT2D eigenvalue weighted by molar-refractivity contribution is 0.0799. The minimum absolute atomic E-state index is 0.0661. The first-order valence-corrected chi connectivity index (χ1v) is 7.16. The highest BCUT2D eigenvalue weighted by Gasteiger charge is 2.35. The van der Waals surface area contributed by atoms with Crippen molar-refractivity contribution in [2.24, 2.45) is 0 Å². The topological polar surface area (TPSA) is 26.3 Å². The summed E-state index contributed by atoms with van der Waals surface area (Å²) in [4.78, 5) is 12.7. The van der Waals surface area contributed by atoms with Crippen LogP contribution in [0.15, 0.2) is 48.8 Å². The summed E-state index contributed by atoms with van der Waals surface area (Å²) in [6.45, 7) is 0. The number of ether oxygens (including phenoxy) is 1. The summed E-state index contributed by atoms with van der Waals surface area (Å²) in [6, 6.07) is 8.31. The van der Waals surface area contributed by atoms with Gasteiger partial charge in [-0.15, -0.1) is 0 Å². The number of Topliss-reactive ketones (excluding diaryl/α,β-unsaturated/α-hetero) is 1. The third kappa shape index (κ3) is 1.30. The minimum Gasteiger partial charge on any atom is -0.485 e. The molecule has 0 spiro atoms. The summed E-state index contributed by atoms with van der Waals surface area (Å²) >= 11 is 0. The SMILES string of the molecule is O=C1c2ccc3c4c(ccc(c24)C2=CC=COC12)CC=C3. The highest BCUT2D eigenvalue weighted by atomic mass is 16.5. The van der Waals surface area contributed by atoms with Crippen LogP contribution in [0, 0.1) is 0 Å². The highest BCUT2D eigenvalue weighted by Crippen LogP contribution is 2.42. The molecule has 0 saturated carbocycles. The molecular weight excluding hydrogens is 260 g/mol. The van der Waals surface area contributed by atoms with Crippen LogP contribution in [0.2, 0.25) is 0 Å². The van der Waals surface area contributed by atoms with E-state index >= 15 is 0 Å². The van der Waals surface area contributed by atoms with E-state index in [9.17, 15) is 4.79 Å². The van der Waals surface area contributed by atoms with Gasteiger partial charge in [0.25, 0.3) is 0 Å². The molecule has 2 aromatic rings. The van der Waals surface area contributed by atoms with E-state index in [1.807, 2.05) is 24.3 Å². The zero-order chi connectivity index (χ0) is 14.0. The molecule has 1 heterocycles. The summed E-state index contributed by atoms with van der Waals surface area (Å²) in [5.41, 5.74) is 5.41. The Hall–Kier alpha value is -2.61. The molecule has 0 saturated heterocycles. The second kappa shape index (κ2) is 3.73. The van der Waals surface area contributed by atoms with Crippen LogP contribution in [0.3, 0.4) is 0 Å². The molecule has 1 unspecified atom stereocenters. The Balaban J connectivity index is 1.99. The van der Waals surface area contributed by atoms with E-state index in [1.54, 1.807) is 6.26 Å². The largest absolute Gasteiger partial charge is 0.485 e. The molecule has 2 nitrogen and oxygen atoms in total. The quantitative estimate of drug-likeness (QED) is 0.727. The zero-order valence-electron chi connectivity index (χ0n) is 11.3. The Labute approximate surface area is 122 Å². The monoisotopic (exact) mass is 272 g/mol. The smallest absolute Gasteiger partial charge is 0.208 e. The average Bonchev–Trinajstić information content (AvgIpc) is 2.55. The highest BCUT2D eigenvalue weighted by molar-refractivity contribution is 6.23. The van der Waals surface area contributed by atoms with E-state index < -0.39 is 6.10 Å². The minimum atomic E-state index is -0.485. The van der Waals surface area contributed by atoms with Gasteiger partial charge in [0.1, 0.15) is 0 Å². The standard InChI is InChI=1S/C19H12O2/c20-18-15-9-7-12-4-1-3-11-6-8-13(17(15)16(11)12)14-5-2-10-21-19(14)18/h1-2,4-10,19H,3H2. The van der Waals surface area contributed by atoms with Crippen molar-refractivity contribution < 1.29 is 9.53 Å². The zero-order valence-corrected chi connectivity index (χ0v) is 11.3. The molecule has 5 rings (SSSR count). The van der Waals surface area contributed by atoms with Crippen LogP contribution >= 0.6 is 0 Å². The molecule has 0 radical (unpaired) electrons. The van der Waals surface area contributed by atoms with Gasteiger partial charge in [-0.1, -0.05) is 36.4 Å². The number of benzene rings is 2. The lowest BCUT2D eigenvalue weighted by atomic mass is 9.78. The summed E-state index contributed by atoms with van der Waals surface area (Å²) < 4.78 is 5.57. The lowest BCUT2D eigenvalue weighted by Crippen LogP contribution is -2.29. The third-order valence-electron chi connectivity index (χ3n) is 4.58. The van der Waals surface area contributed by atoms with E-state index in [4.69, 9.17) is 4.74 Å². The van der Waals surface area contributed by atoms with Gasteiger partial charge < -0.3 is 4.74 Å². The molecule has 1 atom stereocenters. The van der Waals surface area contributed by atoms with Crippen molar-refractivity contribution in [1.82, 2.24) is 0 Å². The number of carbonyl (C=O) groups excluding carboxylic acids is 1. The fraction of sp³-hybridized carbons (Fsp3) is 0.105. The van der Waals surface area contributed by atoms with Crippen LogP contribution in [-0.2, 0) is 11.2 Å². The Morgan fingerprint density at radius 1 is 1.05 bits per heavy atom. The molecule has 3 aliphatic rings. The van der Waals surface area contributed by atoms with Gasteiger partial charge in [-0.05, 0) is 40.6 Å². The lowest BCUT2D eigenvalue weighted by Gasteiger charge is -2.29. The number of hydrogen-bond donors (Lipinski definition) is 0. The van der Waals surface area contributed by atoms with Gasteiger partial charge in [0, 0.05) is 16.5 Å². The number of carbonyl (C=O) groups is 1. The van der Waals surface area contributed by atoms with Gasteiger partial charge in [-0.3, -0.25) is 4.79 Å². The molecular formula is C19H12O2. The molecule has 21 heavy (non-hydrogen) atoms. The molecule has 2 heteroatoms. The van der Waals surface area contributed by atoms with E-state index in [-0.39, 0.29) is 5.78 Å². The number of rotatable bonds is 0. The molecule has 0 amide bonds. The summed E-state index contributed by atoms with van der Waals surface area (Å²) in [5.74, 6) is 0.0661. The first-order valence-electron chi connectivity index (χ1n) is 7.16. The fourth-order valence-corrected chi connectivity index (χ4v) is 3.67. The van der Waals surface area contributed by atoms with Crippen LogP contribution in [0.25, 0.3) is 22.4 Å². The molecule has 0 aromatic heterocycles. The van der Waals surface area contributed by atoms with Crippen molar-refractivity contribution in [3.8, 4) is 0 Å². The normalized spacial score (nSPS) is 21.0. The number of ketones is 1. The van der Waals surface area contributed by atoms with Crippen molar-refractivity contribution >= 4 is 28.2 Å². The Morgan fingerprint density at radius 2 is 1.95 bits per heavy atom. The van der Waals surface area contributed by atoms with E-state index in [1.165, 1.54) is 16.5 Å². The second-order valence-electron chi connectivity index (χ2n) is 5.66. The predicted molar refractivity (Wildman–Crippen MR) is 83.0 cm³/mol. The van der Waals surface area contributed by atoms with Crippen LogP contribution in [-0.4, -0.2) is 11.9 Å². The van der Waals surface area contributed by atoms with Gasteiger partial charge >= 0.3 is 0 Å². The van der Waals surface area contributed by atoms with Crippen molar-refractivity contribution in [3.63, 3.8) is 0 Å². The van der Waals surface area contributed by atoms with Gasteiger partial charge in [0.05, 0.1) is 6.26 Å². The predicted octanol–water partition coefficient (Wildman–Crippen LogP) is 3.90. The van der Waals surface area contributed by atoms with Crippen molar-refractivity contribution in [1.29, 1.82) is 0 Å². The number of hydrogen-bond acceptors (Lipinski definition) is 2. The average molecular weight is 272 g/mol. The van der Waals surface area contributed by atoms with Crippen LogP contribution in [0.5, 0.6) is 0 Å². The molecule has 100 valence electrons. The Kier molecular flexibility index (Phi) is 1.97. The van der Waals surface area contributed by atoms with Gasteiger partial charge in [0.15, 0.2) is 6.10 Å². The molecule has 2 aliphatic carbocycles. The summed E-state index contributed by atoms with van der Waals surface area (Å²) in [6.07, 6.45) is 10.2. The summed E-state index contributed by atoms with van der Waals surface area (Å²) in [7, 11) is 0. The van der Waals surface area contributed by atoms with Crippen LogP contribution < -0.4 is 0 Å². The van der Waals surface area contributed by atoms with E-state index in [0.717, 1.165) is 28.5 Å². The Morgan fingerprint density at radius 3 is 2.90 bits per heavy atom. The number of fused-ring (bicyclic) bond motifs is 2. The van der Waals surface area contributed by atoms with Crippen molar-refractivity contribution in [3.05, 3.63) is 71.0 Å². The fourth-order valence-electron chi connectivity index (χ4n) is 3.67. The maximum Gasteiger partial charge on any atom is 0.208 e. The molecule has 1 aliphatic heterocycles. The molecule has 0 bridgehead atoms. The van der Waals surface area contributed by atoms with Gasteiger partial charge in [-0.25, -0.2) is 0 Å². The molecule has 0 N–H and O–H groups in total. The Bertz CT molecular complexity index is 913. The van der Waals surface area contributed by atoms with E-state index in [0.29, 0.717) is 0 Å². The van der Waals surface area contributed by atoms with Crippen molar-refractivity contribution in [2.45, 2.75) is 12.5 Å². The summed E-state index contributed by atoms with van der Waals surface area (Å²) in [5, 5.41) is 2.33. The molecule has 2 aromatic carbocycles. The van der Waals surface area contributed by atoms with Crippen LogP contribution in [0.1, 0.15) is 27.0 Å². The van der Waals surface area contributed by atoms with Crippen LogP contribution in [0.4, 0.5) is 0 Å². The van der Waals surface area contributed by atoms with Crippen molar-refractivity contribution in [2.75, 3.05) is 0 Å². The van der Waals surface area contributed by atoms with Gasteiger partial charge in [0.2, 0.25) is 5.78 Å². The third-order valence-corrected chi connectivity index (χ3v) is 4.58. The maximum atomic E-state index is 12.7. The van der Waals surface area contributed by atoms with E-state index in [2.05, 4.69) is 24.3 Å². The first kappa shape index (κ1) is 11.1. The first-order chi connectivity index (χ1) is 10.3. The van der Waals surface area contributed by atoms with Gasteiger partial charge in [-0.2, -0.15) is 0 Å². The maximum absolute atomic E-state index is 12.7. The second-order valence-corrected chi connectivity index (χ2v) is 5.66. The number of allylic oxidation sites excluding steroid dienone is 3. The molecule has 0 fully saturated rings.